The lowest BCUT2D eigenvalue weighted by molar-refractivity contribution is 0.172. The van der Waals surface area contributed by atoms with Crippen LogP contribution in [-0.2, 0) is 6.54 Å². The zero-order valence-electron chi connectivity index (χ0n) is 12.1. The molecule has 5 nitrogen and oxygen atoms in total. The highest BCUT2D eigenvalue weighted by molar-refractivity contribution is 5.53. The lowest BCUT2D eigenvalue weighted by atomic mass is 10.2. The van der Waals surface area contributed by atoms with E-state index in [1.54, 1.807) is 12.1 Å². The number of halogens is 1. The summed E-state index contributed by atoms with van der Waals surface area (Å²) in [5, 5.41) is 13.0. The van der Waals surface area contributed by atoms with Crippen LogP contribution >= 0.6 is 0 Å². The van der Waals surface area contributed by atoms with Crippen molar-refractivity contribution in [3.63, 3.8) is 0 Å². The Balaban J connectivity index is 2.02. The van der Waals surface area contributed by atoms with Crippen LogP contribution in [0.15, 0.2) is 28.8 Å². The van der Waals surface area contributed by atoms with Crippen LogP contribution in [0.25, 0.3) is 11.4 Å². The molecule has 0 amide bonds. The average Bonchev–Trinajstić information content (AvgIpc) is 2.94. The highest BCUT2D eigenvalue weighted by Gasteiger charge is 2.12. The van der Waals surface area contributed by atoms with Crippen molar-refractivity contribution in [3.05, 3.63) is 36.0 Å². The van der Waals surface area contributed by atoms with Crippen LogP contribution in [0.3, 0.4) is 0 Å². The third kappa shape index (κ3) is 4.61. The number of hydrogen-bond donors (Lipinski definition) is 1. The molecule has 1 aromatic heterocycles. The second kappa shape index (κ2) is 7.85. The minimum absolute atomic E-state index is 0.0999. The van der Waals surface area contributed by atoms with Gasteiger partial charge in [0, 0.05) is 12.1 Å². The van der Waals surface area contributed by atoms with Crippen molar-refractivity contribution in [1.82, 2.24) is 15.0 Å². The van der Waals surface area contributed by atoms with E-state index in [0.29, 0.717) is 30.4 Å². The highest BCUT2D eigenvalue weighted by atomic mass is 19.1. The van der Waals surface area contributed by atoms with E-state index in [-0.39, 0.29) is 12.4 Å². The van der Waals surface area contributed by atoms with E-state index >= 15 is 0 Å². The first-order valence-corrected chi connectivity index (χ1v) is 7.14. The monoisotopic (exact) mass is 293 g/mol. The number of benzene rings is 1. The van der Waals surface area contributed by atoms with Crippen LogP contribution in [0.4, 0.5) is 4.39 Å². The summed E-state index contributed by atoms with van der Waals surface area (Å²) < 4.78 is 18.1. The summed E-state index contributed by atoms with van der Waals surface area (Å²) in [4.78, 5) is 6.39. The molecule has 2 rings (SSSR count). The van der Waals surface area contributed by atoms with Gasteiger partial charge in [0.2, 0.25) is 11.7 Å². The van der Waals surface area contributed by atoms with Crippen LogP contribution in [0.2, 0.25) is 0 Å². The van der Waals surface area contributed by atoms with E-state index in [4.69, 9.17) is 9.63 Å². The minimum atomic E-state index is -0.295. The number of aliphatic hydroxyl groups is 1. The molecular formula is C15H20FN3O2. The van der Waals surface area contributed by atoms with Gasteiger partial charge in [-0.3, -0.25) is 4.90 Å². The van der Waals surface area contributed by atoms with Gasteiger partial charge in [0.15, 0.2) is 0 Å². The molecule has 6 heteroatoms. The van der Waals surface area contributed by atoms with Crippen molar-refractivity contribution >= 4 is 0 Å². The molecule has 0 aliphatic heterocycles. The van der Waals surface area contributed by atoms with Gasteiger partial charge < -0.3 is 9.63 Å². The summed E-state index contributed by atoms with van der Waals surface area (Å²) in [6.45, 7) is 4.19. The third-order valence-corrected chi connectivity index (χ3v) is 3.17. The number of hydrogen-bond acceptors (Lipinski definition) is 5. The summed E-state index contributed by atoms with van der Waals surface area (Å²) in [6.07, 6.45) is 2.14. The molecule has 0 radical (unpaired) electrons. The van der Waals surface area contributed by atoms with Gasteiger partial charge in [0.1, 0.15) is 5.82 Å². The van der Waals surface area contributed by atoms with Crippen molar-refractivity contribution in [2.45, 2.75) is 26.3 Å². The summed E-state index contributed by atoms with van der Waals surface area (Å²) in [6, 6.07) is 5.97. The second-order valence-corrected chi connectivity index (χ2v) is 4.87. The van der Waals surface area contributed by atoms with Crippen molar-refractivity contribution in [2.75, 3.05) is 19.7 Å². The Morgan fingerprint density at radius 1 is 1.24 bits per heavy atom. The van der Waals surface area contributed by atoms with E-state index < -0.39 is 0 Å². The second-order valence-electron chi connectivity index (χ2n) is 4.87. The fourth-order valence-electron chi connectivity index (χ4n) is 2.02. The lowest BCUT2D eigenvalue weighted by Gasteiger charge is -2.18. The van der Waals surface area contributed by atoms with E-state index in [0.717, 1.165) is 19.4 Å². The normalized spacial score (nSPS) is 11.2. The molecule has 0 aliphatic rings. The Kier molecular flexibility index (Phi) is 5.83. The first-order chi connectivity index (χ1) is 10.2. The fraction of sp³-hybridized carbons (Fsp3) is 0.467. The van der Waals surface area contributed by atoms with Crippen molar-refractivity contribution in [1.29, 1.82) is 0 Å². The highest BCUT2D eigenvalue weighted by Crippen LogP contribution is 2.16. The molecule has 0 spiro atoms. The average molecular weight is 293 g/mol. The van der Waals surface area contributed by atoms with E-state index in [2.05, 4.69) is 22.0 Å². The van der Waals surface area contributed by atoms with Crippen LogP contribution in [0.5, 0.6) is 0 Å². The number of aromatic nitrogens is 2. The maximum Gasteiger partial charge on any atom is 0.241 e. The Labute approximate surface area is 123 Å². The van der Waals surface area contributed by atoms with E-state index in [1.807, 2.05) is 0 Å². The third-order valence-electron chi connectivity index (χ3n) is 3.17. The van der Waals surface area contributed by atoms with Crippen molar-refractivity contribution < 1.29 is 14.0 Å². The number of aliphatic hydroxyl groups excluding tert-OH is 1. The molecule has 0 atom stereocenters. The molecule has 0 aliphatic carbocycles. The smallest absolute Gasteiger partial charge is 0.241 e. The molecule has 0 saturated carbocycles. The maximum absolute atomic E-state index is 12.9. The van der Waals surface area contributed by atoms with Crippen LogP contribution in [0.1, 0.15) is 25.7 Å². The van der Waals surface area contributed by atoms with Gasteiger partial charge in [-0.25, -0.2) is 4.39 Å². The topological polar surface area (TPSA) is 62.4 Å². The summed E-state index contributed by atoms with van der Waals surface area (Å²) in [7, 11) is 0. The first-order valence-electron chi connectivity index (χ1n) is 7.14. The van der Waals surface area contributed by atoms with Crippen molar-refractivity contribution in [2.24, 2.45) is 0 Å². The molecular weight excluding hydrogens is 273 g/mol. The zero-order chi connectivity index (χ0) is 15.1. The van der Waals surface area contributed by atoms with Crippen molar-refractivity contribution in [3.8, 4) is 11.4 Å². The molecule has 0 fully saturated rings. The van der Waals surface area contributed by atoms with Gasteiger partial charge in [-0.1, -0.05) is 18.5 Å². The van der Waals surface area contributed by atoms with Gasteiger partial charge in [-0.05, 0) is 37.2 Å². The lowest BCUT2D eigenvalue weighted by Crippen LogP contribution is -2.27. The number of unbranched alkanes of at least 4 members (excludes halogenated alkanes) is 1. The molecule has 1 aromatic carbocycles. The molecule has 114 valence electrons. The Morgan fingerprint density at radius 3 is 2.67 bits per heavy atom. The van der Waals surface area contributed by atoms with Crippen LogP contribution in [-0.4, -0.2) is 39.8 Å². The number of nitrogens with zero attached hydrogens (tertiary/aromatic N) is 3. The van der Waals surface area contributed by atoms with Gasteiger partial charge in [0.05, 0.1) is 13.2 Å². The molecule has 0 saturated heterocycles. The molecule has 1 heterocycles. The summed E-state index contributed by atoms with van der Waals surface area (Å²) in [5.74, 6) is 0.652. The van der Waals surface area contributed by atoms with Gasteiger partial charge in [-0.15, -0.1) is 0 Å². The molecule has 2 aromatic rings. The predicted molar refractivity (Wildman–Crippen MR) is 77.0 cm³/mol. The van der Waals surface area contributed by atoms with E-state index in [1.165, 1.54) is 12.1 Å². The molecule has 21 heavy (non-hydrogen) atoms. The van der Waals surface area contributed by atoms with E-state index in [9.17, 15) is 4.39 Å². The fourth-order valence-corrected chi connectivity index (χ4v) is 2.02. The molecule has 0 bridgehead atoms. The minimum Gasteiger partial charge on any atom is -0.395 e. The first kappa shape index (κ1) is 15.6. The Bertz CT molecular complexity index is 542. The quantitative estimate of drug-likeness (QED) is 0.810. The van der Waals surface area contributed by atoms with Gasteiger partial charge in [-0.2, -0.15) is 4.98 Å². The SMILES string of the molecule is CCCCN(CCO)Cc1nc(-c2ccc(F)cc2)no1. The molecule has 1 N–H and O–H groups in total. The standard InChI is InChI=1S/C15H20FN3O2/c1-2-3-8-19(9-10-20)11-14-17-15(18-21-14)12-4-6-13(16)7-5-12/h4-7,20H,2-3,8-11H2,1H3. The molecule has 0 unspecified atom stereocenters. The zero-order valence-corrected chi connectivity index (χ0v) is 12.1. The van der Waals surface area contributed by atoms with Crippen LogP contribution < -0.4 is 0 Å². The van der Waals surface area contributed by atoms with Gasteiger partial charge in [0.25, 0.3) is 0 Å². The Morgan fingerprint density at radius 2 is 2.00 bits per heavy atom. The summed E-state index contributed by atoms with van der Waals surface area (Å²) >= 11 is 0. The largest absolute Gasteiger partial charge is 0.395 e. The maximum atomic E-state index is 12.9. The number of rotatable bonds is 8. The summed E-state index contributed by atoms with van der Waals surface area (Å²) in [5.41, 5.74) is 0.716. The van der Waals surface area contributed by atoms with Crippen LogP contribution in [0, 0.1) is 5.82 Å². The van der Waals surface area contributed by atoms with Gasteiger partial charge >= 0.3 is 0 Å². The predicted octanol–water partition coefficient (Wildman–Crippen LogP) is 2.47. The Hall–Kier alpha value is -1.79.